The molecule has 1 aromatic rings. The summed E-state index contributed by atoms with van der Waals surface area (Å²) in [5.74, 6) is 0.794. The van der Waals surface area contributed by atoms with Crippen LogP contribution in [0.2, 0.25) is 0 Å². The lowest BCUT2D eigenvalue weighted by Gasteiger charge is -2.10. The Labute approximate surface area is 102 Å². The van der Waals surface area contributed by atoms with Gasteiger partial charge >= 0.3 is 0 Å². The van der Waals surface area contributed by atoms with E-state index in [0.717, 1.165) is 12.2 Å². The third kappa shape index (κ3) is 5.92. The quantitative estimate of drug-likeness (QED) is 0.702. The summed E-state index contributed by atoms with van der Waals surface area (Å²) in [7, 11) is 0. The lowest BCUT2D eigenvalue weighted by atomic mass is 10.1. The third-order valence-electron chi connectivity index (χ3n) is 2.41. The standard InChI is InChI=1S/C13H20N2O2/c1-2-11(14)10-13(16)15-8-9-17-12-6-4-3-5-7-12/h3-7,11H,2,8-10,14H2,1H3,(H,15,16). The summed E-state index contributed by atoms with van der Waals surface area (Å²) in [5.41, 5.74) is 5.68. The molecule has 1 amide bonds. The number of hydrogen-bond acceptors (Lipinski definition) is 3. The fourth-order valence-electron chi connectivity index (χ4n) is 1.33. The van der Waals surface area contributed by atoms with Gasteiger partial charge in [0.2, 0.25) is 5.91 Å². The van der Waals surface area contributed by atoms with Crippen LogP contribution in [0.5, 0.6) is 5.75 Å². The van der Waals surface area contributed by atoms with Gasteiger partial charge in [-0.1, -0.05) is 25.1 Å². The summed E-state index contributed by atoms with van der Waals surface area (Å²) in [5, 5.41) is 2.77. The molecule has 4 nitrogen and oxygen atoms in total. The molecule has 0 saturated heterocycles. The lowest BCUT2D eigenvalue weighted by Crippen LogP contribution is -2.33. The van der Waals surface area contributed by atoms with Crippen LogP contribution in [0.25, 0.3) is 0 Å². The van der Waals surface area contributed by atoms with Gasteiger partial charge in [0.05, 0.1) is 6.54 Å². The molecule has 0 spiro atoms. The van der Waals surface area contributed by atoms with Gasteiger partial charge in [-0.05, 0) is 18.6 Å². The van der Waals surface area contributed by atoms with Crippen molar-refractivity contribution in [1.29, 1.82) is 0 Å². The first-order valence-corrected chi connectivity index (χ1v) is 5.92. The first-order chi connectivity index (χ1) is 8.22. The Morgan fingerprint density at radius 2 is 2.12 bits per heavy atom. The van der Waals surface area contributed by atoms with E-state index in [1.165, 1.54) is 0 Å². The second kappa shape index (κ2) is 7.68. The number of hydrogen-bond donors (Lipinski definition) is 2. The molecule has 94 valence electrons. The number of nitrogens with two attached hydrogens (primary N) is 1. The number of carbonyl (C=O) groups is 1. The van der Waals surface area contributed by atoms with Crippen LogP contribution >= 0.6 is 0 Å². The zero-order valence-electron chi connectivity index (χ0n) is 10.2. The summed E-state index contributed by atoms with van der Waals surface area (Å²) >= 11 is 0. The number of rotatable bonds is 7. The van der Waals surface area contributed by atoms with E-state index in [4.69, 9.17) is 10.5 Å². The smallest absolute Gasteiger partial charge is 0.221 e. The molecule has 0 aliphatic carbocycles. The van der Waals surface area contributed by atoms with Gasteiger partial charge in [-0.25, -0.2) is 0 Å². The minimum absolute atomic E-state index is 0.0176. The Morgan fingerprint density at radius 3 is 2.76 bits per heavy atom. The molecule has 0 aliphatic rings. The Kier molecular flexibility index (Phi) is 6.10. The van der Waals surface area contributed by atoms with Crippen LogP contribution in [-0.4, -0.2) is 25.1 Å². The molecule has 4 heteroatoms. The molecule has 1 unspecified atom stereocenters. The van der Waals surface area contributed by atoms with Crippen molar-refractivity contribution in [2.45, 2.75) is 25.8 Å². The van der Waals surface area contributed by atoms with Gasteiger partial charge in [0.25, 0.3) is 0 Å². The topological polar surface area (TPSA) is 64.4 Å². The molecular weight excluding hydrogens is 216 g/mol. The predicted molar refractivity (Wildman–Crippen MR) is 67.8 cm³/mol. The van der Waals surface area contributed by atoms with Crippen molar-refractivity contribution in [1.82, 2.24) is 5.32 Å². The highest BCUT2D eigenvalue weighted by Crippen LogP contribution is 2.07. The zero-order chi connectivity index (χ0) is 12.5. The summed E-state index contributed by atoms with van der Waals surface area (Å²) in [4.78, 5) is 11.4. The predicted octanol–water partition coefficient (Wildman–Crippen LogP) is 1.31. The van der Waals surface area contributed by atoms with Crippen molar-refractivity contribution in [3.05, 3.63) is 30.3 Å². The average molecular weight is 236 g/mol. The molecule has 3 N–H and O–H groups in total. The largest absolute Gasteiger partial charge is 0.492 e. The van der Waals surface area contributed by atoms with Crippen LogP contribution in [0.15, 0.2) is 30.3 Å². The van der Waals surface area contributed by atoms with Crippen LogP contribution in [0, 0.1) is 0 Å². The fraction of sp³-hybridized carbons (Fsp3) is 0.462. The van der Waals surface area contributed by atoms with E-state index < -0.39 is 0 Å². The number of nitrogens with one attached hydrogen (secondary N) is 1. The molecule has 0 aromatic heterocycles. The van der Waals surface area contributed by atoms with Crippen LogP contribution in [0.3, 0.4) is 0 Å². The Hall–Kier alpha value is -1.55. The SMILES string of the molecule is CCC(N)CC(=O)NCCOc1ccccc1. The highest BCUT2D eigenvalue weighted by Gasteiger charge is 2.06. The molecule has 0 heterocycles. The number of benzene rings is 1. The maximum Gasteiger partial charge on any atom is 0.221 e. The molecule has 0 aliphatic heterocycles. The van der Waals surface area contributed by atoms with Gasteiger partial charge in [-0.2, -0.15) is 0 Å². The summed E-state index contributed by atoms with van der Waals surface area (Å²) in [6.07, 6.45) is 1.19. The molecule has 0 bridgehead atoms. The monoisotopic (exact) mass is 236 g/mol. The van der Waals surface area contributed by atoms with Crippen LogP contribution in [0.4, 0.5) is 0 Å². The van der Waals surface area contributed by atoms with Gasteiger partial charge in [-0.15, -0.1) is 0 Å². The van der Waals surface area contributed by atoms with Crippen molar-refractivity contribution in [3.8, 4) is 5.75 Å². The van der Waals surface area contributed by atoms with Crippen molar-refractivity contribution in [2.24, 2.45) is 5.73 Å². The number of ether oxygens (including phenoxy) is 1. The van der Waals surface area contributed by atoms with E-state index in [1.807, 2.05) is 37.3 Å². The van der Waals surface area contributed by atoms with Gasteiger partial charge in [-0.3, -0.25) is 4.79 Å². The Morgan fingerprint density at radius 1 is 1.41 bits per heavy atom. The second-order valence-corrected chi connectivity index (χ2v) is 3.88. The molecule has 0 saturated carbocycles. The molecular formula is C13H20N2O2. The van der Waals surface area contributed by atoms with Gasteiger partial charge < -0.3 is 15.8 Å². The molecule has 1 atom stereocenters. The third-order valence-corrected chi connectivity index (χ3v) is 2.41. The maximum absolute atomic E-state index is 11.4. The van der Waals surface area contributed by atoms with Crippen LogP contribution < -0.4 is 15.8 Å². The average Bonchev–Trinajstić information content (AvgIpc) is 2.36. The van der Waals surface area contributed by atoms with E-state index >= 15 is 0 Å². The van der Waals surface area contributed by atoms with Crippen LogP contribution in [-0.2, 0) is 4.79 Å². The Balaban J connectivity index is 2.10. The van der Waals surface area contributed by atoms with E-state index in [2.05, 4.69) is 5.32 Å². The van der Waals surface area contributed by atoms with Gasteiger partial charge in [0.15, 0.2) is 0 Å². The lowest BCUT2D eigenvalue weighted by molar-refractivity contribution is -0.121. The van der Waals surface area contributed by atoms with Crippen molar-refractivity contribution in [2.75, 3.05) is 13.2 Å². The minimum atomic E-state index is -0.0509. The Bertz CT molecular complexity index is 327. The summed E-state index contributed by atoms with van der Waals surface area (Å²) in [6, 6.07) is 9.47. The molecule has 0 radical (unpaired) electrons. The van der Waals surface area contributed by atoms with Crippen molar-refractivity contribution in [3.63, 3.8) is 0 Å². The van der Waals surface area contributed by atoms with Crippen molar-refractivity contribution >= 4 is 5.91 Å². The second-order valence-electron chi connectivity index (χ2n) is 3.88. The van der Waals surface area contributed by atoms with Gasteiger partial charge in [0.1, 0.15) is 12.4 Å². The van der Waals surface area contributed by atoms with Gasteiger partial charge in [0, 0.05) is 12.5 Å². The highest BCUT2D eigenvalue weighted by atomic mass is 16.5. The molecule has 0 fully saturated rings. The molecule has 1 rings (SSSR count). The normalized spacial score (nSPS) is 11.9. The van der Waals surface area contributed by atoms with E-state index in [-0.39, 0.29) is 11.9 Å². The van der Waals surface area contributed by atoms with Crippen LogP contribution in [0.1, 0.15) is 19.8 Å². The minimum Gasteiger partial charge on any atom is -0.492 e. The van der Waals surface area contributed by atoms with E-state index in [0.29, 0.717) is 19.6 Å². The van der Waals surface area contributed by atoms with E-state index in [9.17, 15) is 4.79 Å². The number of para-hydroxylation sites is 1. The summed E-state index contributed by atoms with van der Waals surface area (Å²) in [6.45, 7) is 2.94. The zero-order valence-corrected chi connectivity index (χ0v) is 10.2. The first-order valence-electron chi connectivity index (χ1n) is 5.92. The van der Waals surface area contributed by atoms with Crippen molar-refractivity contribution < 1.29 is 9.53 Å². The fourth-order valence-corrected chi connectivity index (χ4v) is 1.33. The number of amides is 1. The molecule has 17 heavy (non-hydrogen) atoms. The highest BCUT2D eigenvalue weighted by molar-refractivity contribution is 5.76. The van der Waals surface area contributed by atoms with E-state index in [1.54, 1.807) is 0 Å². The maximum atomic E-state index is 11.4. The first kappa shape index (κ1) is 13.5. The summed E-state index contributed by atoms with van der Waals surface area (Å²) < 4.78 is 5.44. The molecule has 1 aromatic carbocycles. The number of carbonyl (C=O) groups excluding carboxylic acids is 1.